The van der Waals surface area contributed by atoms with Gasteiger partial charge < -0.3 is 0 Å². The van der Waals surface area contributed by atoms with Crippen molar-refractivity contribution in [2.24, 2.45) is 0 Å². The first-order valence-corrected chi connectivity index (χ1v) is 4.62. The monoisotopic (exact) mass is 182 g/mol. The lowest BCUT2D eigenvalue weighted by Crippen LogP contribution is -1.95. The van der Waals surface area contributed by atoms with Gasteiger partial charge in [0, 0.05) is 11.1 Å². The highest BCUT2D eigenvalue weighted by molar-refractivity contribution is 5.58. The summed E-state index contributed by atoms with van der Waals surface area (Å²) in [6.07, 6.45) is 5.50. The smallest absolute Gasteiger partial charge is 0.0433 e. The molecule has 0 unspecified atom stereocenters. The maximum atomic E-state index is 5.50. The molecule has 0 aliphatic carbocycles. The summed E-state index contributed by atoms with van der Waals surface area (Å²) in [6, 6.07) is 2.13. The van der Waals surface area contributed by atoms with Crippen LogP contribution in [0.15, 0.2) is 6.07 Å². The highest BCUT2D eigenvalue weighted by Crippen LogP contribution is 2.20. The Balaban J connectivity index is 3.63. The van der Waals surface area contributed by atoms with Gasteiger partial charge in [0.1, 0.15) is 0 Å². The molecule has 0 radical (unpaired) electrons. The average molecular weight is 182 g/mol. The van der Waals surface area contributed by atoms with E-state index in [-0.39, 0.29) is 0 Å². The van der Waals surface area contributed by atoms with Gasteiger partial charge in [0.25, 0.3) is 0 Å². The molecule has 70 valence electrons. The number of hydrogen-bond acceptors (Lipinski definition) is 0. The molecule has 0 spiro atoms. The Morgan fingerprint density at radius 3 is 2.21 bits per heavy atom. The topological polar surface area (TPSA) is 0 Å². The molecule has 0 aliphatic rings. The fraction of sp³-hybridized carbons (Fsp3) is 0.286. The summed E-state index contributed by atoms with van der Waals surface area (Å²) in [4.78, 5) is 0. The predicted octanol–water partition coefficient (Wildman–Crippen LogP) is 2.96. The molecule has 0 amide bonds. The van der Waals surface area contributed by atoms with Crippen molar-refractivity contribution >= 4 is 0 Å². The standard InChI is InChI=1S/C14H14/c1-6-8-14-11(4)9-10(3)12(5)13(14)7-2/h2,9H,1,3-5H3. The lowest BCUT2D eigenvalue weighted by atomic mass is 9.94. The lowest BCUT2D eigenvalue weighted by Gasteiger charge is -2.09. The molecule has 1 aromatic carbocycles. The second-order valence-corrected chi connectivity index (χ2v) is 3.40. The molecule has 0 atom stereocenters. The Bertz CT molecular complexity index is 460. The Hall–Kier alpha value is -1.66. The largest absolute Gasteiger partial charge is 0.115 e. The third-order valence-corrected chi connectivity index (χ3v) is 2.44. The molecule has 1 rings (SSSR count). The molecule has 0 heterocycles. The van der Waals surface area contributed by atoms with Crippen LogP contribution < -0.4 is 0 Å². The van der Waals surface area contributed by atoms with Crippen LogP contribution in [0.4, 0.5) is 0 Å². The fourth-order valence-electron chi connectivity index (χ4n) is 1.55. The van der Waals surface area contributed by atoms with Crippen LogP contribution in [-0.4, -0.2) is 0 Å². The Morgan fingerprint density at radius 2 is 1.71 bits per heavy atom. The molecule has 0 fully saturated rings. The molecule has 0 nitrogen and oxygen atoms in total. The van der Waals surface area contributed by atoms with Gasteiger partial charge in [-0.25, -0.2) is 0 Å². The molecule has 0 aliphatic heterocycles. The van der Waals surface area contributed by atoms with Crippen LogP contribution in [0.25, 0.3) is 0 Å². The van der Waals surface area contributed by atoms with Crippen molar-refractivity contribution in [3.8, 4) is 24.2 Å². The molecule has 1 aromatic rings. The van der Waals surface area contributed by atoms with E-state index in [9.17, 15) is 0 Å². The van der Waals surface area contributed by atoms with Gasteiger partial charge in [-0.2, -0.15) is 0 Å². The zero-order valence-corrected chi connectivity index (χ0v) is 9.15. The summed E-state index contributed by atoms with van der Waals surface area (Å²) < 4.78 is 0. The van der Waals surface area contributed by atoms with Gasteiger partial charge in [0.2, 0.25) is 0 Å². The van der Waals surface area contributed by atoms with Gasteiger partial charge in [-0.1, -0.05) is 17.9 Å². The molecule has 0 saturated heterocycles. The molecule has 0 N–H and O–H groups in total. The van der Waals surface area contributed by atoms with Gasteiger partial charge in [0.05, 0.1) is 0 Å². The first-order valence-electron chi connectivity index (χ1n) is 4.62. The Labute approximate surface area is 86.3 Å². The summed E-state index contributed by atoms with van der Waals surface area (Å²) >= 11 is 0. The molecular weight excluding hydrogens is 168 g/mol. The summed E-state index contributed by atoms with van der Waals surface area (Å²) in [5, 5.41) is 0. The number of terminal acetylenes is 1. The number of aryl methyl sites for hydroxylation is 2. The van der Waals surface area contributed by atoms with Crippen molar-refractivity contribution < 1.29 is 0 Å². The first kappa shape index (κ1) is 10.4. The number of hydrogen-bond donors (Lipinski definition) is 0. The first-order chi connectivity index (χ1) is 6.61. The average Bonchev–Trinajstić information content (AvgIpc) is 2.15. The van der Waals surface area contributed by atoms with Crippen molar-refractivity contribution in [1.82, 2.24) is 0 Å². The van der Waals surface area contributed by atoms with E-state index in [2.05, 4.69) is 30.8 Å². The number of rotatable bonds is 0. The maximum Gasteiger partial charge on any atom is 0.0433 e. The second kappa shape index (κ2) is 4.03. The normalized spacial score (nSPS) is 8.79. The highest BCUT2D eigenvalue weighted by Gasteiger charge is 2.07. The minimum Gasteiger partial charge on any atom is -0.115 e. The van der Waals surface area contributed by atoms with Crippen LogP contribution in [0.5, 0.6) is 0 Å². The van der Waals surface area contributed by atoms with E-state index in [0.717, 1.165) is 22.3 Å². The van der Waals surface area contributed by atoms with E-state index < -0.39 is 0 Å². The van der Waals surface area contributed by atoms with E-state index >= 15 is 0 Å². The summed E-state index contributed by atoms with van der Waals surface area (Å²) in [7, 11) is 0. The van der Waals surface area contributed by atoms with Gasteiger partial charge >= 0.3 is 0 Å². The Morgan fingerprint density at radius 1 is 1.07 bits per heavy atom. The second-order valence-electron chi connectivity index (χ2n) is 3.40. The Kier molecular flexibility index (Phi) is 3.00. The molecule has 0 saturated carbocycles. The molecule has 0 bridgehead atoms. The van der Waals surface area contributed by atoms with Crippen molar-refractivity contribution in [2.75, 3.05) is 0 Å². The third-order valence-electron chi connectivity index (χ3n) is 2.44. The number of benzene rings is 1. The third kappa shape index (κ3) is 1.66. The lowest BCUT2D eigenvalue weighted by molar-refractivity contribution is 1.26. The quantitative estimate of drug-likeness (QED) is 0.541. The SMILES string of the molecule is C#Cc1c(C)c(C)cc(C)c1C#CC. The van der Waals surface area contributed by atoms with E-state index in [0.29, 0.717) is 0 Å². The van der Waals surface area contributed by atoms with E-state index in [1.165, 1.54) is 5.56 Å². The highest BCUT2D eigenvalue weighted by atomic mass is 14.1. The van der Waals surface area contributed by atoms with Crippen LogP contribution in [0.1, 0.15) is 34.7 Å². The van der Waals surface area contributed by atoms with E-state index in [1.54, 1.807) is 0 Å². The maximum absolute atomic E-state index is 5.50. The summed E-state index contributed by atoms with van der Waals surface area (Å²) in [5.41, 5.74) is 5.50. The van der Waals surface area contributed by atoms with Crippen LogP contribution in [0.2, 0.25) is 0 Å². The zero-order valence-electron chi connectivity index (χ0n) is 9.15. The fourth-order valence-corrected chi connectivity index (χ4v) is 1.55. The minimum atomic E-state index is 0.942. The van der Waals surface area contributed by atoms with Crippen molar-refractivity contribution in [3.63, 3.8) is 0 Å². The van der Waals surface area contributed by atoms with Gasteiger partial charge in [-0.05, 0) is 44.4 Å². The van der Waals surface area contributed by atoms with E-state index in [1.807, 2.05) is 20.8 Å². The van der Waals surface area contributed by atoms with Crippen molar-refractivity contribution in [2.45, 2.75) is 27.7 Å². The van der Waals surface area contributed by atoms with Gasteiger partial charge in [-0.3, -0.25) is 0 Å². The minimum absolute atomic E-state index is 0.942. The van der Waals surface area contributed by atoms with Crippen molar-refractivity contribution in [3.05, 3.63) is 33.9 Å². The molecule has 0 heteroatoms. The van der Waals surface area contributed by atoms with E-state index in [4.69, 9.17) is 6.42 Å². The van der Waals surface area contributed by atoms with Crippen LogP contribution in [0, 0.1) is 45.0 Å². The molecular formula is C14H14. The van der Waals surface area contributed by atoms with Crippen molar-refractivity contribution in [1.29, 1.82) is 0 Å². The van der Waals surface area contributed by atoms with Crippen LogP contribution in [0.3, 0.4) is 0 Å². The molecule has 0 aromatic heterocycles. The zero-order chi connectivity index (χ0) is 10.7. The summed E-state index contributed by atoms with van der Waals surface area (Å²) in [5.74, 6) is 8.70. The predicted molar refractivity (Wildman–Crippen MR) is 61.1 cm³/mol. The van der Waals surface area contributed by atoms with Gasteiger partial charge in [-0.15, -0.1) is 12.3 Å². The summed E-state index contributed by atoms with van der Waals surface area (Å²) in [6.45, 7) is 8.00. The van der Waals surface area contributed by atoms with Crippen LogP contribution >= 0.6 is 0 Å². The molecule has 14 heavy (non-hydrogen) atoms. The van der Waals surface area contributed by atoms with Gasteiger partial charge in [0.15, 0.2) is 0 Å². The van der Waals surface area contributed by atoms with Crippen LogP contribution in [-0.2, 0) is 0 Å².